The van der Waals surface area contributed by atoms with E-state index < -0.39 is 0 Å². The Morgan fingerprint density at radius 3 is 2.87 bits per heavy atom. The molecule has 0 fully saturated rings. The lowest BCUT2D eigenvalue weighted by Gasteiger charge is -2.23. The minimum atomic E-state index is 0.949. The summed E-state index contributed by atoms with van der Waals surface area (Å²) in [7, 11) is 0. The van der Waals surface area contributed by atoms with Gasteiger partial charge in [-0.3, -0.25) is 9.89 Å². The van der Waals surface area contributed by atoms with Crippen LogP contribution < -0.4 is 0 Å². The van der Waals surface area contributed by atoms with Gasteiger partial charge in [0.15, 0.2) is 0 Å². The summed E-state index contributed by atoms with van der Waals surface area (Å²) >= 11 is 0. The van der Waals surface area contributed by atoms with Gasteiger partial charge in [-0.2, -0.15) is 0 Å². The standard InChI is InChI=1S/C13H18N2/c1-11-3-4-13(12(2)9-11)10-15-7-5-14-6-8-15/h3-5,9H,6-8,10H2,1-2H3. The Balaban J connectivity index is 2.06. The van der Waals surface area contributed by atoms with Gasteiger partial charge in [0.25, 0.3) is 0 Å². The van der Waals surface area contributed by atoms with E-state index in [2.05, 4.69) is 41.9 Å². The molecular formula is C13H18N2. The van der Waals surface area contributed by atoms with E-state index >= 15 is 0 Å². The highest BCUT2D eigenvalue weighted by Crippen LogP contribution is 2.13. The van der Waals surface area contributed by atoms with Crippen molar-refractivity contribution in [2.45, 2.75) is 20.4 Å². The van der Waals surface area contributed by atoms with Crippen LogP contribution in [0.2, 0.25) is 0 Å². The SMILES string of the molecule is Cc1ccc(CN2CC=NCC2)c(C)c1. The Labute approximate surface area is 91.6 Å². The average Bonchev–Trinajstić information content (AvgIpc) is 2.24. The summed E-state index contributed by atoms with van der Waals surface area (Å²) in [5.41, 5.74) is 4.19. The molecule has 0 unspecified atom stereocenters. The maximum absolute atomic E-state index is 4.24. The van der Waals surface area contributed by atoms with Crippen molar-refractivity contribution < 1.29 is 0 Å². The van der Waals surface area contributed by atoms with Crippen LogP contribution in [0.5, 0.6) is 0 Å². The monoisotopic (exact) mass is 202 g/mol. The van der Waals surface area contributed by atoms with Crippen molar-refractivity contribution in [3.63, 3.8) is 0 Å². The van der Waals surface area contributed by atoms with Crippen molar-refractivity contribution in [2.24, 2.45) is 4.99 Å². The van der Waals surface area contributed by atoms with Crippen LogP contribution in [0.4, 0.5) is 0 Å². The normalized spacial score (nSPS) is 16.9. The topological polar surface area (TPSA) is 15.6 Å². The summed E-state index contributed by atoms with van der Waals surface area (Å²) in [6.07, 6.45) is 2.02. The van der Waals surface area contributed by atoms with Gasteiger partial charge < -0.3 is 0 Å². The summed E-state index contributed by atoms with van der Waals surface area (Å²) in [5, 5.41) is 0. The molecule has 1 aromatic rings. The molecule has 80 valence electrons. The first-order chi connectivity index (χ1) is 7.25. The molecule has 0 saturated heterocycles. The fourth-order valence-corrected chi connectivity index (χ4v) is 1.96. The van der Waals surface area contributed by atoms with Gasteiger partial charge in [0.1, 0.15) is 0 Å². The quantitative estimate of drug-likeness (QED) is 0.717. The zero-order chi connectivity index (χ0) is 10.7. The van der Waals surface area contributed by atoms with Crippen LogP contribution in [0.15, 0.2) is 23.2 Å². The number of rotatable bonds is 2. The smallest absolute Gasteiger partial charge is 0.0513 e. The Bertz CT molecular complexity index is 369. The van der Waals surface area contributed by atoms with Crippen molar-refractivity contribution in [3.8, 4) is 0 Å². The number of benzene rings is 1. The number of hydrogen-bond donors (Lipinski definition) is 0. The maximum atomic E-state index is 4.24. The highest BCUT2D eigenvalue weighted by Gasteiger charge is 2.08. The number of aryl methyl sites for hydroxylation is 2. The second-order valence-corrected chi connectivity index (χ2v) is 4.25. The zero-order valence-electron chi connectivity index (χ0n) is 9.53. The highest BCUT2D eigenvalue weighted by atomic mass is 15.1. The van der Waals surface area contributed by atoms with Gasteiger partial charge in [0.2, 0.25) is 0 Å². The summed E-state index contributed by atoms with van der Waals surface area (Å²) in [6.45, 7) is 8.42. The van der Waals surface area contributed by atoms with Crippen LogP contribution >= 0.6 is 0 Å². The minimum Gasteiger partial charge on any atom is -0.295 e. The third-order valence-electron chi connectivity index (χ3n) is 2.91. The fourth-order valence-electron chi connectivity index (χ4n) is 1.96. The molecule has 1 aromatic carbocycles. The first-order valence-electron chi connectivity index (χ1n) is 5.52. The Kier molecular flexibility index (Phi) is 3.17. The predicted octanol–water partition coefficient (Wildman–Crippen LogP) is 2.19. The molecule has 0 amide bonds. The summed E-state index contributed by atoms with van der Waals surface area (Å²) in [4.78, 5) is 6.67. The molecule has 0 aromatic heterocycles. The minimum absolute atomic E-state index is 0.949. The van der Waals surface area contributed by atoms with Gasteiger partial charge in [-0.05, 0) is 25.0 Å². The Hall–Kier alpha value is -1.15. The maximum Gasteiger partial charge on any atom is 0.0513 e. The van der Waals surface area contributed by atoms with E-state index in [0.717, 1.165) is 26.2 Å². The lowest BCUT2D eigenvalue weighted by molar-refractivity contribution is 0.305. The molecule has 15 heavy (non-hydrogen) atoms. The number of nitrogens with zero attached hydrogens (tertiary/aromatic N) is 2. The fraction of sp³-hybridized carbons (Fsp3) is 0.462. The third-order valence-corrected chi connectivity index (χ3v) is 2.91. The van der Waals surface area contributed by atoms with Gasteiger partial charge in [-0.1, -0.05) is 23.8 Å². The molecule has 0 spiro atoms. The molecule has 0 N–H and O–H groups in total. The Morgan fingerprint density at radius 2 is 2.20 bits per heavy atom. The van der Waals surface area contributed by atoms with Crippen LogP contribution in [0.3, 0.4) is 0 Å². The van der Waals surface area contributed by atoms with E-state index in [4.69, 9.17) is 0 Å². The van der Waals surface area contributed by atoms with Gasteiger partial charge in [0, 0.05) is 25.8 Å². The summed E-state index contributed by atoms with van der Waals surface area (Å²) in [5.74, 6) is 0. The van der Waals surface area contributed by atoms with Crippen LogP contribution in [0, 0.1) is 13.8 Å². The van der Waals surface area contributed by atoms with Gasteiger partial charge in [-0.25, -0.2) is 0 Å². The van der Waals surface area contributed by atoms with Crippen molar-refractivity contribution in [1.82, 2.24) is 4.90 Å². The van der Waals surface area contributed by atoms with Crippen molar-refractivity contribution in [3.05, 3.63) is 34.9 Å². The van der Waals surface area contributed by atoms with E-state index in [-0.39, 0.29) is 0 Å². The molecule has 1 aliphatic heterocycles. The van der Waals surface area contributed by atoms with E-state index in [1.807, 2.05) is 6.21 Å². The first-order valence-corrected chi connectivity index (χ1v) is 5.52. The molecule has 0 saturated carbocycles. The summed E-state index contributed by atoms with van der Waals surface area (Å²) in [6, 6.07) is 6.70. The molecule has 1 heterocycles. The molecule has 1 aliphatic rings. The molecular weight excluding hydrogens is 184 g/mol. The molecule has 0 radical (unpaired) electrons. The van der Waals surface area contributed by atoms with Crippen LogP contribution in [0.1, 0.15) is 16.7 Å². The van der Waals surface area contributed by atoms with E-state index in [1.165, 1.54) is 16.7 Å². The molecule has 0 atom stereocenters. The molecule has 0 bridgehead atoms. The van der Waals surface area contributed by atoms with Crippen molar-refractivity contribution in [1.29, 1.82) is 0 Å². The molecule has 2 heteroatoms. The van der Waals surface area contributed by atoms with E-state index in [1.54, 1.807) is 0 Å². The van der Waals surface area contributed by atoms with E-state index in [9.17, 15) is 0 Å². The van der Waals surface area contributed by atoms with Crippen LogP contribution in [0.25, 0.3) is 0 Å². The van der Waals surface area contributed by atoms with Crippen LogP contribution in [-0.2, 0) is 6.54 Å². The number of aliphatic imine (C=N–C) groups is 1. The summed E-state index contributed by atoms with van der Waals surface area (Å²) < 4.78 is 0. The average molecular weight is 202 g/mol. The lowest BCUT2D eigenvalue weighted by Crippen LogP contribution is -2.31. The second-order valence-electron chi connectivity index (χ2n) is 4.25. The lowest BCUT2D eigenvalue weighted by atomic mass is 10.1. The van der Waals surface area contributed by atoms with Crippen molar-refractivity contribution in [2.75, 3.05) is 19.6 Å². The van der Waals surface area contributed by atoms with Gasteiger partial charge in [0.05, 0.1) is 6.54 Å². The second kappa shape index (κ2) is 4.58. The first kappa shape index (κ1) is 10.4. The highest BCUT2D eigenvalue weighted by molar-refractivity contribution is 5.60. The molecule has 2 nitrogen and oxygen atoms in total. The van der Waals surface area contributed by atoms with Gasteiger partial charge >= 0.3 is 0 Å². The largest absolute Gasteiger partial charge is 0.295 e. The van der Waals surface area contributed by atoms with Gasteiger partial charge in [-0.15, -0.1) is 0 Å². The van der Waals surface area contributed by atoms with Crippen molar-refractivity contribution >= 4 is 6.21 Å². The third kappa shape index (κ3) is 2.66. The van der Waals surface area contributed by atoms with Crippen LogP contribution in [-0.4, -0.2) is 30.7 Å². The number of hydrogen-bond acceptors (Lipinski definition) is 2. The Morgan fingerprint density at radius 1 is 1.33 bits per heavy atom. The van der Waals surface area contributed by atoms with E-state index in [0.29, 0.717) is 0 Å². The predicted molar refractivity (Wildman–Crippen MR) is 64.6 cm³/mol. The molecule has 2 rings (SSSR count). The zero-order valence-corrected chi connectivity index (χ0v) is 9.53. The molecule has 0 aliphatic carbocycles.